The van der Waals surface area contributed by atoms with Crippen molar-refractivity contribution in [1.29, 1.82) is 0 Å². The van der Waals surface area contributed by atoms with Crippen molar-refractivity contribution < 1.29 is 23.8 Å². The van der Waals surface area contributed by atoms with Crippen molar-refractivity contribution in [3.63, 3.8) is 0 Å². The molecule has 0 bridgehead atoms. The van der Waals surface area contributed by atoms with Gasteiger partial charge in [0.05, 0.1) is 27.5 Å². The van der Waals surface area contributed by atoms with Crippen molar-refractivity contribution >= 4 is 23.7 Å². The van der Waals surface area contributed by atoms with Crippen LogP contribution in [0.4, 0.5) is 5.69 Å². The molecule has 0 aliphatic heterocycles. The summed E-state index contributed by atoms with van der Waals surface area (Å²) in [5, 5.41) is 6.58. The predicted octanol–water partition coefficient (Wildman–Crippen LogP) is 2.43. The molecule has 0 saturated heterocycles. The van der Waals surface area contributed by atoms with Gasteiger partial charge in [-0.3, -0.25) is 9.59 Å². The van der Waals surface area contributed by atoms with E-state index in [0.717, 1.165) is 0 Å². The van der Waals surface area contributed by atoms with Gasteiger partial charge in [-0.2, -0.15) is 5.10 Å². The van der Waals surface area contributed by atoms with E-state index < -0.39 is 5.91 Å². The molecular weight excluding hydrogens is 350 g/mol. The summed E-state index contributed by atoms with van der Waals surface area (Å²) in [6, 6.07) is 9.89. The van der Waals surface area contributed by atoms with Gasteiger partial charge in [0.25, 0.3) is 5.91 Å². The quantitative estimate of drug-likeness (QED) is 0.575. The highest BCUT2D eigenvalue weighted by Gasteiger charge is 2.11. The number of amides is 2. The van der Waals surface area contributed by atoms with Crippen LogP contribution < -0.4 is 25.0 Å². The molecule has 0 spiro atoms. The fraction of sp³-hybridized carbons (Fsp3) is 0.211. The second-order valence-corrected chi connectivity index (χ2v) is 5.41. The van der Waals surface area contributed by atoms with Gasteiger partial charge in [0.2, 0.25) is 5.91 Å². The third kappa shape index (κ3) is 5.21. The minimum atomic E-state index is -0.419. The van der Waals surface area contributed by atoms with Crippen molar-refractivity contribution in [3.05, 3.63) is 47.5 Å². The van der Waals surface area contributed by atoms with Crippen molar-refractivity contribution in [2.24, 2.45) is 5.10 Å². The Hall–Kier alpha value is -3.55. The van der Waals surface area contributed by atoms with Gasteiger partial charge in [-0.05, 0) is 24.3 Å². The maximum absolute atomic E-state index is 12.2. The zero-order chi connectivity index (χ0) is 19.8. The maximum Gasteiger partial charge on any atom is 0.271 e. The Morgan fingerprint density at radius 1 is 0.963 bits per heavy atom. The molecule has 0 aromatic heterocycles. The summed E-state index contributed by atoms with van der Waals surface area (Å²) in [7, 11) is 4.57. The second kappa shape index (κ2) is 9.23. The molecule has 2 rings (SSSR count). The Labute approximate surface area is 157 Å². The Morgan fingerprint density at radius 2 is 1.63 bits per heavy atom. The van der Waals surface area contributed by atoms with Crippen LogP contribution in [0.25, 0.3) is 0 Å². The van der Waals surface area contributed by atoms with E-state index in [-0.39, 0.29) is 5.91 Å². The maximum atomic E-state index is 12.2. The molecule has 2 N–H and O–H groups in total. The summed E-state index contributed by atoms with van der Waals surface area (Å²) in [6.07, 6.45) is 1.44. The molecule has 2 amide bonds. The zero-order valence-electron chi connectivity index (χ0n) is 15.5. The van der Waals surface area contributed by atoms with Gasteiger partial charge < -0.3 is 19.5 Å². The van der Waals surface area contributed by atoms with E-state index in [1.807, 2.05) is 0 Å². The van der Waals surface area contributed by atoms with E-state index in [2.05, 4.69) is 15.8 Å². The molecule has 142 valence electrons. The Morgan fingerprint density at radius 3 is 2.26 bits per heavy atom. The summed E-state index contributed by atoms with van der Waals surface area (Å²) >= 11 is 0. The number of carbonyl (C=O) groups excluding carboxylic acids is 2. The van der Waals surface area contributed by atoms with Crippen LogP contribution in [0.15, 0.2) is 41.5 Å². The summed E-state index contributed by atoms with van der Waals surface area (Å²) in [6.45, 7) is 1.40. The SMILES string of the molecule is COc1cc(OC)c(OC)cc1C=NNC(=O)c1cccc(NC(C)=O)c1. The molecule has 2 aromatic carbocycles. The first-order chi connectivity index (χ1) is 13.0. The van der Waals surface area contributed by atoms with E-state index in [0.29, 0.717) is 34.1 Å². The molecule has 8 nitrogen and oxygen atoms in total. The molecule has 0 fully saturated rings. The largest absolute Gasteiger partial charge is 0.496 e. The minimum absolute atomic E-state index is 0.217. The van der Waals surface area contributed by atoms with Crippen LogP contribution in [0.2, 0.25) is 0 Å². The molecule has 0 radical (unpaired) electrons. The van der Waals surface area contributed by atoms with E-state index in [9.17, 15) is 9.59 Å². The number of ether oxygens (including phenoxy) is 3. The van der Waals surface area contributed by atoms with Gasteiger partial charge in [0, 0.05) is 29.8 Å². The van der Waals surface area contributed by atoms with Crippen molar-refractivity contribution in [2.75, 3.05) is 26.6 Å². The molecule has 0 aliphatic carbocycles. The number of rotatable bonds is 7. The third-order valence-electron chi connectivity index (χ3n) is 3.55. The van der Waals surface area contributed by atoms with Gasteiger partial charge >= 0.3 is 0 Å². The van der Waals surface area contributed by atoms with Crippen LogP contribution in [0.5, 0.6) is 17.2 Å². The zero-order valence-corrected chi connectivity index (χ0v) is 15.5. The summed E-state index contributed by atoms with van der Waals surface area (Å²) in [5.74, 6) is 0.904. The molecule has 0 saturated carbocycles. The second-order valence-electron chi connectivity index (χ2n) is 5.41. The minimum Gasteiger partial charge on any atom is -0.496 e. The average Bonchev–Trinajstić information content (AvgIpc) is 2.67. The number of benzene rings is 2. The third-order valence-corrected chi connectivity index (χ3v) is 3.55. The molecule has 0 heterocycles. The number of nitrogens with one attached hydrogen (secondary N) is 2. The van der Waals surface area contributed by atoms with Gasteiger partial charge in [-0.1, -0.05) is 6.07 Å². The fourth-order valence-corrected chi connectivity index (χ4v) is 2.32. The molecule has 0 atom stereocenters. The summed E-state index contributed by atoms with van der Waals surface area (Å²) in [5.41, 5.74) is 3.92. The fourth-order valence-electron chi connectivity index (χ4n) is 2.32. The first-order valence-corrected chi connectivity index (χ1v) is 7.99. The van der Waals surface area contributed by atoms with Gasteiger partial charge in [0.15, 0.2) is 11.5 Å². The van der Waals surface area contributed by atoms with Crippen molar-refractivity contribution in [1.82, 2.24) is 5.43 Å². The van der Waals surface area contributed by atoms with Crippen LogP contribution >= 0.6 is 0 Å². The van der Waals surface area contributed by atoms with Crippen molar-refractivity contribution in [2.45, 2.75) is 6.92 Å². The Bertz CT molecular complexity index is 864. The van der Waals surface area contributed by atoms with Crippen LogP contribution in [0.1, 0.15) is 22.8 Å². The number of hydrogen-bond donors (Lipinski definition) is 2. The van der Waals surface area contributed by atoms with E-state index in [1.165, 1.54) is 34.5 Å². The highest BCUT2D eigenvalue weighted by Crippen LogP contribution is 2.33. The lowest BCUT2D eigenvalue weighted by Gasteiger charge is -2.11. The van der Waals surface area contributed by atoms with E-state index in [4.69, 9.17) is 14.2 Å². The number of methoxy groups -OCH3 is 3. The Kier molecular flexibility index (Phi) is 6.76. The lowest BCUT2D eigenvalue weighted by atomic mass is 10.2. The van der Waals surface area contributed by atoms with Crippen LogP contribution in [0, 0.1) is 0 Å². The average molecular weight is 371 g/mol. The molecule has 0 aliphatic rings. The van der Waals surface area contributed by atoms with Crippen LogP contribution in [-0.4, -0.2) is 39.4 Å². The smallest absolute Gasteiger partial charge is 0.271 e. The van der Waals surface area contributed by atoms with E-state index in [1.54, 1.807) is 36.4 Å². The standard InChI is InChI=1S/C19H21N3O5/c1-12(23)21-15-7-5-6-13(8-15)19(24)22-20-11-14-9-17(26-3)18(27-4)10-16(14)25-2/h5-11H,1-4H3,(H,21,23)(H,22,24). The summed E-state index contributed by atoms with van der Waals surface area (Å²) < 4.78 is 15.8. The first-order valence-electron chi connectivity index (χ1n) is 7.99. The topological polar surface area (TPSA) is 98.2 Å². The van der Waals surface area contributed by atoms with Gasteiger partial charge in [0.1, 0.15) is 5.75 Å². The molecule has 8 heteroatoms. The highest BCUT2D eigenvalue weighted by atomic mass is 16.5. The van der Waals surface area contributed by atoms with Gasteiger partial charge in [-0.15, -0.1) is 0 Å². The van der Waals surface area contributed by atoms with Crippen LogP contribution in [0.3, 0.4) is 0 Å². The first kappa shape index (κ1) is 19.8. The highest BCUT2D eigenvalue weighted by molar-refractivity contribution is 5.97. The molecule has 27 heavy (non-hydrogen) atoms. The Balaban J connectivity index is 2.15. The van der Waals surface area contributed by atoms with Gasteiger partial charge in [-0.25, -0.2) is 5.43 Å². The molecular formula is C19H21N3O5. The lowest BCUT2D eigenvalue weighted by molar-refractivity contribution is -0.114. The van der Waals surface area contributed by atoms with Crippen molar-refractivity contribution in [3.8, 4) is 17.2 Å². The molecule has 0 unspecified atom stereocenters. The number of carbonyl (C=O) groups is 2. The predicted molar refractivity (Wildman–Crippen MR) is 102 cm³/mol. The monoisotopic (exact) mass is 371 g/mol. The number of nitrogens with zero attached hydrogens (tertiary/aromatic N) is 1. The summed E-state index contributed by atoms with van der Waals surface area (Å²) in [4.78, 5) is 23.4. The number of anilines is 1. The lowest BCUT2D eigenvalue weighted by Crippen LogP contribution is -2.18. The normalized spacial score (nSPS) is 10.4. The number of hydrazone groups is 1. The van der Waals surface area contributed by atoms with Crippen LogP contribution in [-0.2, 0) is 4.79 Å². The number of hydrogen-bond acceptors (Lipinski definition) is 6. The van der Waals surface area contributed by atoms with E-state index >= 15 is 0 Å². The molecule has 2 aromatic rings.